The van der Waals surface area contributed by atoms with Gasteiger partial charge in [-0.3, -0.25) is 4.79 Å². The lowest BCUT2D eigenvalue weighted by Crippen LogP contribution is -2.39. The first-order valence-corrected chi connectivity index (χ1v) is 6.80. The van der Waals surface area contributed by atoms with Crippen LogP contribution in [0.25, 0.3) is 0 Å². The molecule has 0 unspecified atom stereocenters. The first kappa shape index (κ1) is 13.9. The van der Waals surface area contributed by atoms with Crippen LogP contribution < -0.4 is 15.0 Å². The van der Waals surface area contributed by atoms with Crippen molar-refractivity contribution in [1.29, 1.82) is 0 Å². The zero-order valence-corrected chi connectivity index (χ0v) is 11.9. The molecular formula is C15H22N2O2. The van der Waals surface area contributed by atoms with Crippen LogP contribution >= 0.6 is 0 Å². The SMILES string of the molecule is CCOc1ccc(N2CCNC(C)(C)CC2=O)cc1. The van der Waals surface area contributed by atoms with E-state index >= 15 is 0 Å². The summed E-state index contributed by atoms with van der Waals surface area (Å²) in [4.78, 5) is 14.1. The second-order valence-corrected chi connectivity index (χ2v) is 5.46. The summed E-state index contributed by atoms with van der Waals surface area (Å²) in [6.07, 6.45) is 0.514. The summed E-state index contributed by atoms with van der Waals surface area (Å²) in [5.74, 6) is 1.01. The maximum absolute atomic E-state index is 12.3. The molecule has 0 aromatic heterocycles. The molecule has 1 saturated heterocycles. The van der Waals surface area contributed by atoms with Crippen molar-refractivity contribution in [1.82, 2.24) is 5.32 Å². The lowest BCUT2D eigenvalue weighted by molar-refractivity contribution is -0.119. The van der Waals surface area contributed by atoms with Crippen LogP contribution in [0.2, 0.25) is 0 Å². The van der Waals surface area contributed by atoms with E-state index in [1.807, 2.05) is 36.1 Å². The second kappa shape index (κ2) is 5.61. The largest absolute Gasteiger partial charge is 0.494 e. The Morgan fingerprint density at radius 1 is 1.32 bits per heavy atom. The van der Waals surface area contributed by atoms with Gasteiger partial charge in [0.2, 0.25) is 5.91 Å². The Morgan fingerprint density at radius 3 is 2.63 bits per heavy atom. The van der Waals surface area contributed by atoms with Crippen molar-refractivity contribution >= 4 is 11.6 Å². The summed E-state index contributed by atoms with van der Waals surface area (Å²) in [7, 11) is 0. The van der Waals surface area contributed by atoms with Gasteiger partial charge in [-0.15, -0.1) is 0 Å². The highest BCUT2D eigenvalue weighted by molar-refractivity contribution is 5.94. The Hall–Kier alpha value is -1.55. The Labute approximate surface area is 114 Å². The van der Waals surface area contributed by atoms with Gasteiger partial charge < -0.3 is 15.0 Å². The summed E-state index contributed by atoms with van der Waals surface area (Å²) < 4.78 is 5.42. The number of anilines is 1. The highest BCUT2D eigenvalue weighted by atomic mass is 16.5. The molecule has 2 rings (SSSR count). The van der Waals surface area contributed by atoms with Crippen molar-refractivity contribution in [2.45, 2.75) is 32.7 Å². The van der Waals surface area contributed by atoms with E-state index in [0.29, 0.717) is 19.6 Å². The number of carbonyl (C=O) groups is 1. The van der Waals surface area contributed by atoms with Gasteiger partial charge in [-0.1, -0.05) is 0 Å². The first-order valence-electron chi connectivity index (χ1n) is 6.80. The third kappa shape index (κ3) is 3.47. The van der Waals surface area contributed by atoms with Crippen LogP contribution in [-0.4, -0.2) is 31.1 Å². The van der Waals surface area contributed by atoms with Crippen molar-refractivity contribution in [2.24, 2.45) is 0 Å². The molecule has 0 aliphatic carbocycles. The zero-order valence-electron chi connectivity index (χ0n) is 11.9. The fraction of sp³-hybridized carbons (Fsp3) is 0.533. The molecule has 4 heteroatoms. The maximum Gasteiger partial charge on any atom is 0.228 e. The quantitative estimate of drug-likeness (QED) is 0.908. The number of benzene rings is 1. The van der Waals surface area contributed by atoms with E-state index in [2.05, 4.69) is 19.2 Å². The molecule has 1 fully saturated rings. The van der Waals surface area contributed by atoms with Crippen molar-refractivity contribution in [3.63, 3.8) is 0 Å². The highest BCUT2D eigenvalue weighted by Crippen LogP contribution is 2.23. The molecule has 104 valence electrons. The van der Waals surface area contributed by atoms with Crippen molar-refractivity contribution in [2.75, 3.05) is 24.6 Å². The second-order valence-electron chi connectivity index (χ2n) is 5.46. The van der Waals surface area contributed by atoms with Crippen LogP contribution in [-0.2, 0) is 4.79 Å². The van der Waals surface area contributed by atoms with Crippen LogP contribution in [0.3, 0.4) is 0 Å². The summed E-state index contributed by atoms with van der Waals surface area (Å²) >= 11 is 0. The van der Waals surface area contributed by atoms with Crippen molar-refractivity contribution < 1.29 is 9.53 Å². The molecule has 0 radical (unpaired) electrons. The van der Waals surface area contributed by atoms with Gasteiger partial charge in [0.1, 0.15) is 5.75 Å². The highest BCUT2D eigenvalue weighted by Gasteiger charge is 2.28. The average molecular weight is 262 g/mol. The summed E-state index contributed by atoms with van der Waals surface area (Å²) in [5.41, 5.74) is 0.810. The van der Waals surface area contributed by atoms with Gasteiger partial charge in [0, 0.05) is 30.7 Å². The Balaban J connectivity index is 2.14. The Bertz CT molecular complexity index is 440. The number of ether oxygens (including phenoxy) is 1. The van der Waals surface area contributed by atoms with Gasteiger partial charge in [0.15, 0.2) is 0 Å². The molecule has 1 aliphatic heterocycles. The molecule has 1 heterocycles. The molecule has 1 aromatic carbocycles. The van der Waals surface area contributed by atoms with Gasteiger partial charge in [-0.25, -0.2) is 0 Å². The van der Waals surface area contributed by atoms with Gasteiger partial charge in [-0.2, -0.15) is 0 Å². The standard InChI is InChI=1S/C15H22N2O2/c1-4-19-13-7-5-12(6-8-13)17-10-9-16-15(2,3)11-14(17)18/h5-8,16H,4,9-11H2,1-3H3. The van der Waals surface area contributed by atoms with Crippen LogP contribution in [0.4, 0.5) is 5.69 Å². The Kier molecular flexibility index (Phi) is 4.10. The van der Waals surface area contributed by atoms with E-state index in [9.17, 15) is 4.79 Å². The van der Waals surface area contributed by atoms with Crippen molar-refractivity contribution in [3.05, 3.63) is 24.3 Å². The molecule has 0 saturated carbocycles. The Morgan fingerprint density at radius 2 is 2.00 bits per heavy atom. The lowest BCUT2D eigenvalue weighted by atomic mass is 10.0. The van der Waals surface area contributed by atoms with Gasteiger partial charge in [0.05, 0.1) is 6.61 Å². The molecule has 1 aliphatic rings. The normalized spacial score (nSPS) is 19.1. The van der Waals surface area contributed by atoms with Crippen LogP contribution in [0, 0.1) is 0 Å². The van der Waals surface area contributed by atoms with Gasteiger partial charge >= 0.3 is 0 Å². The van der Waals surface area contributed by atoms with Gasteiger partial charge in [0.25, 0.3) is 0 Å². The molecule has 1 amide bonds. The molecule has 19 heavy (non-hydrogen) atoms. The first-order chi connectivity index (χ1) is 9.02. The van der Waals surface area contributed by atoms with E-state index in [4.69, 9.17) is 4.74 Å². The molecule has 0 atom stereocenters. The van der Waals surface area contributed by atoms with Gasteiger partial charge in [-0.05, 0) is 45.0 Å². The van der Waals surface area contributed by atoms with E-state index in [1.54, 1.807) is 0 Å². The summed E-state index contributed by atoms with van der Waals surface area (Å²) in [5, 5.41) is 3.40. The fourth-order valence-corrected chi connectivity index (χ4v) is 2.33. The number of nitrogens with one attached hydrogen (secondary N) is 1. The predicted octanol–water partition coefficient (Wildman–Crippen LogP) is 2.19. The zero-order chi connectivity index (χ0) is 13.9. The third-order valence-electron chi connectivity index (χ3n) is 3.29. The molecule has 4 nitrogen and oxygen atoms in total. The molecule has 0 bridgehead atoms. The third-order valence-corrected chi connectivity index (χ3v) is 3.29. The van der Waals surface area contributed by atoms with E-state index < -0.39 is 0 Å². The van der Waals surface area contributed by atoms with Crippen LogP contribution in [0.1, 0.15) is 27.2 Å². The topological polar surface area (TPSA) is 41.6 Å². The number of amides is 1. The lowest BCUT2D eigenvalue weighted by Gasteiger charge is -2.23. The molecular weight excluding hydrogens is 240 g/mol. The minimum atomic E-state index is -0.128. The predicted molar refractivity (Wildman–Crippen MR) is 76.7 cm³/mol. The minimum Gasteiger partial charge on any atom is -0.494 e. The number of rotatable bonds is 3. The smallest absolute Gasteiger partial charge is 0.228 e. The monoisotopic (exact) mass is 262 g/mol. The van der Waals surface area contributed by atoms with Crippen molar-refractivity contribution in [3.8, 4) is 5.75 Å². The number of carbonyl (C=O) groups excluding carboxylic acids is 1. The summed E-state index contributed by atoms with van der Waals surface area (Å²) in [6, 6.07) is 7.72. The van der Waals surface area contributed by atoms with E-state index in [-0.39, 0.29) is 11.4 Å². The fourth-order valence-electron chi connectivity index (χ4n) is 2.33. The molecule has 1 aromatic rings. The summed E-state index contributed by atoms with van der Waals surface area (Å²) in [6.45, 7) is 8.25. The average Bonchev–Trinajstić information content (AvgIpc) is 2.48. The molecule has 1 N–H and O–H groups in total. The van der Waals surface area contributed by atoms with E-state index in [1.165, 1.54) is 0 Å². The van der Waals surface area contributed by atoms with Crippen LogP contribution in [0.15, 0.2) is 24.3 Å². The van der Waals surface area contributed by atoms with E-state index in [0.717, 1.165) is 18.0 Å². The minimum absolute atomic E-state index is 0.128. The number of hydrogen-bond donors (Lipinski definition) is 1. The molecule has 0 spiro atoms. The number of nitrogens with zero attached hydrogens (tertiary/aromatic N) is 1. The maximum atomic E-state index is 12.3. The van der Waals surface area contributed by atoms with Crippen LogP contribution in [0.5, 0.6) is 5.75 Å². The number of hydrogen-bond acceptors (Lipinski definition) is 3.